The maximum absolute atomic E-state index is 13.0. The van der Waals surface area contributed by atoms with Gasteiger partial charge in [-0.25, -0.2) is 0 Å². The lowest BCUT2D eigenvalue weighted by Gasteiger charge is -2.21. The van der Waals surface area contributed by atoms with E-state index in [0.29, 0.717) is 10.8 Å². The van der Waals surface area contributed by atoms with Crippen LogP contribution in [0.3, 0.4) is 0 Å². The van der Waals surface area contributed by atoms with Crippen molar-refractivity contribution in [2.75, 3.05) is 6.61 Å². The second-order valence-corrected chi connectivity index (χ2v) is 7.63. The zero-order valence-corrected chi connectivity index (χ0v) is 18.1. The highest BCUT2D eigenvalue weighted by Crippen LogP contribution is 2.29. The van der Waals surface area contributed by atoms with E-state index in [0.717, 1.165) is 15.7 Å². The van der Waals surface area contributed by atoms with Crippen molar-refractivity contribution in [2.45, 2.75) is 26.8 Å². The van der Waals surface area contributed by atoms with E-state index in [2.05, 4.69) is 0 Å². The third-order valence-corrected chi connectivity index (χ3v) is 5.43. The van der Waals surface area contributed by atoms with Crippen molar-refractivity contribution >= 4 is 17.4 Å². The number of halogens is 1. The van der Waals surface area contributed by atoms with Gasteiger partial charge < -0.3 is 9.84 Å². The SMILES string of the molecule is Cc1cc(Cl)ccc1OCC(=O)c1c(C)c(C#N)c(=O)n(C(C)c2ccccc2)c1O. The molecular formula is C24H21ClN2O4. The number of carbonyl (C=O) groups excluding carboxylic acids is 1. The third kappa shape index (κ3) is 4.32. The minimum atomic E-state index is -0.653. The van der Waals surface area contributed by atoms with E-state index < -0.39 is 23.3 Å². The summed E-state index contributed by atoms with van der Waals surface area (Å²) in [5.41, 5.74) is 0.681. The molecule has 0 aliphatic rings. The number of pyridine rings is 1. The van der Waals surface area contributed by atoms with E-state index in [1.54, 1.807) is 44.2 Å². The number of Topliss-reactive ketones (excluding diaryl/α,β-unsaturated/α-hetero) is 1. The summed E-state index contributed by atoms with van der Waals surface area (Å²) in [7, 11) is 0. The van der Waals surface area contributed by atoms with Crippen LogP contribution in [-0.4, -0.2) is 22.1 Å². The standard InChI is InChI=1S/C24H21ClN2O4/c1-14-11-18(25)9-10-21(14)31-13-20(28)22-15(2)19(12-26)23(29)27(24(22)30)16(3)17-7-5-4-6-8-17/h4-11,16,30H,13H2,1-3H3. The van der Waals surface area contributed by atoms with Crippen LogP contribution in [0.15, 0.2) is 53.3 Å². The van der Waals surface area contributed by atoms with Crippen LogP contribution in [0.5, 0.6) is 11.6 Å². The molecule has 3 aromatic rings. The molecule has 6 nitrogen and oxygen atoms in total. The van der Waals surface area contributed by atoms with Crippen LogP contribution in [0, 0.1) is 25.2 Å². The van der Waals surface area contributed by atoms with Gasteiger partial charge in [0.15, 0.2) is 6.61 Å². The molecule has 7 heteroatoms. The quantitative estimate of drug-likeness (QED) is 0.571. The molecule has 0 bridgehead atoms. The number of aromatic hydroxyl groups is 1. The Morgan fingerprint density at radius 3 is 2.52 bits per heavy atom. The summed E-state index contributed by atoms with van der Waals surface area (Å²) in [4.78, 5) is 25.9. The number of benzene rings is 2. The van der Waals surface area contributed by atoms with Gasteiger partial charge in [-0.3, -0.25) is 14.2 Å². The van der Waals surface area contributed by atoms with Crippen molar-refractivity contribution in [1.82, 2.24) is 4.57 Å². The zero-order valence-electron chi connectivity index (χ0n) is 17.3. The van der Waals surface area contributed by atoms with Gasteiger partial charge in [-0.1, -0.05) is 41.9 Å². The number of hydrogen-bond donors (Lipinski definition) is 1. The highest BCUT2D eigenvalue weighted by Gasteiger charge is 2.27. The van der Waals surface area contributed by atoms with Gasteiger partial charge >= 0.3 is 0 Å². The van der Waals surface area contributed by atoms with Crippen LogP contribution in [-0.2, 0) is 0 Å². The van der Waals surface area contributed by atoms with E-state index in [9.17, 15) is 20.0 Å². The van der Waals surface area contributed by atoms with E-state index in [-0.39, 0.29) is 23.3 Å². The summed E-state index contributed by atoms with van der Waals surface area (Å²) in [5, 5.41) is 21.0. The first kappa shape index (κ1) is 22.1. The minimum Gasteiger partial charge on any atom is -0.494 e. The lowest BCUT2D eigenvalue weighted by molar-refractivity contribution is 0.0915. The molecular weight excluding hydrogens is 416 g/mol. The van der Waals surface area contributed by atoms with Gasteiger partial charge in [-0.2, -0.15) is 5.26 Å². The van der Waals surface area contributed by atoms with Crippen molar-refractivity contribution in [2.24, 2.45) is 0 Å². The minimum absolute atomic E-state index is 0.106. The van der Waals surface area contributed by atoms with Gasteiger partial charge in [0, 0.05) is 5.02 Å². The third-order valence-electron chi connectivity index (χ3n) is 5.19. The number of nitriles is 1. The Balaban J connectivity index is 2.04. The molecule has 0 fully saturated rings. The Bertz CT molecular complexity index is 1240. The first-order chi connectivity index (χ1) is 14.8. The van der Waals surface area contributed by atoms with Crippen molar-refractivity contribution in [3.63, 3.8) is 0 Å². The smallest absolute Gasteiger partial charge is 0.272 e. The average Bonchev–Trinajstić information content (AvgIpc) is 2.74. The summed E-state index contributed by atoms with van der Waals surface area (Å²) in [6, 6.07) is 15.3. The second-order valence-electron chi connectivity index (χ2n) is 7.19. The number of ether oxygens (including phenoxy) is 1. The molecule has 1 heterocycles. The maximum Gasteiger partial charge on any atom is 0.272 e. The Morgan fingerprint density at radius 1 is 1.23 bits per heavy atom. The molecule has 3 rings (SSSR count). The van der Waals surface area contributed by atoms with Crippen molar-refractivity contribution in [1.29, 1.82) is 5.26 Å². The first-order valence-corrected chi connectivity index (χ1v) is 9.99. The molecule has 1 aromatic heterocycles. The average molecular weight is 437 g/mol. The molecule has 158 valence electrons. The van der Waals surface area contributed by atoms with Gasteiger partial charge in [0.2, 0.25) is 11.7 Å². The van der Waals surface area contributed by atoms with Crippen molar-refractivity contribution in [3.05, 3.63) is 91.7 Å². The number of rotatable bonds is 6. The Morgan fingerprint density at radius 2 is 1.90 bits per heavy atom. The molecule has 1 atom stereocenters. The zero-order chi connectivity index (χ0) is 22.7. The fraction of sp³-hybridized carbons (Fsp3) is 0.208. The number of hydrogen-bond acceptors (Lipinski definition) is 5. The van der Waals surface area contributed by atoms with Crippen molar-refractivity contribution < 1.29 is 14.6 Å². The van der Waals surface area contributed by atoms with Gasteiger partial charge in [0.1, 0.15) is 17.4 Å². The number of aryl methyl sites for hydroxylation is 1. The fourth-order valence-electron chi connectivity index (χ4n) is 3.49. The van der Waals surface area contributed by atoms with Gasteiger partial charge in [0.25, 0.3) is 5.56 Å². The van der Waals surface area contributed by atoms with E-state index in [4.69, 9.17) is 16.3 Å². The number of ketones is 1. The predicted molar refractivity (Wildman–Crippen MR) is 118 cm³/mol. The van der Waals surface area contributed by atoms with E-state index in [1.807, 2.05) is 24.3 Å². The number of aromatic nitrogens is 1. The Kier molecular flexibility index (Phi) is 6.47. The summed E-state index contributed by atoms with van der Waals surface area (Å²) in [6.07, 6.45) is 0. The Labute approximate surface area is 184 Å². The molecule has 1 unspecified atom stereocenters. The molecule has 0 saturated heterocycles. The largest absolute Gasteiger partial charge is 0.494 e. The molecule has 0 aliphatic carbocycles. The maximum atomic E-state index is 13.0. The topological polar surface area (TPSA) is 92.3 Å². The summed E-state index contributed by atoms with van der Waals surface area (Å²) >= 11 is 5.94. The van der Waals surface area contributed by atoms with Crippen LogP contribution < -0.4 is 10.3 Å². The predicted octanol–water partition coefficient (Wildman–Crippen LogP) is 4.57. The first-order valence-electron chi connectivity index (χ1n) is 9.61. The van der Waals surface area contributed by atoms with Gasteiger partial charge in [0.05, 0.1) is 11.6 Å². The lowest BCUT2D eigenvalue weighted by atomic mass is 10.00. The molecule has 0 spiro atoms. The molecule has 0 amide bonds. The lowest BCUT2D eigenvalue weighted by Crippen LogP contribution is -2.30. The molecule has 0 aliphatic heterocycles. The normalized spacial score (nSPS) is 11.6. The van der Waals surface area contributed by atoms with Crippen LogP contribution in [0.1, 0.15) is 45.6 Å². The van der Waals surface area contributed by atoms with Crippen molar-refractivity contribution in [3.8, 4) is 17.7 Å². The summed E-state index contributed by atoms with van der Waals surface area (Å²) in [5.74, 6) is -0.560. The van der Waals surface area contributed by atoms with Gasteiger partial charge in [-0.15, -0.1) is 0 Å². The number of carbonyl (C=O) groups is 1. The van der Waals surface area contributed by atoms with E-state index >= 15 is 0 Å². The summed E-state index contributed by atoms with van der Waals surface area (Å²) < 4.78 is 6.69. The van der Waals surface area contributed by atoms with Crippen LogP contribution >= 0.6 is 11.6 Å². The monoisotopic (exact) mass is 436 g/mol. The van der Waals surface area contributed by atoms with Crippen LogP contribution in [0.2, 0.25) is 5.02 Å². The molecule has 0 saturated carbocycles. The summed E-state index contributed by atoms with van der Waals surface area (Å²) in [6.45, 7) is 4.61. The fourth-order valence-corrected chi connectivity index (χ4v) is 3.71. The van der Waals surface area contributed by atoms with Crippen LogP contribution in [0.25, 0.3) is 0 Å². The Hall–Kier alpha value is -3.56. The second kappa shape index (κ2) is 9.07. The molecule has 2 aromatic carbocycles. The molecule has 0 radical (unpaired) electrons. The highest BCUT2D eigenvalue weighted by atomic mass is 35.5. The molecule has 1 N–H and O–H groups in total. The number of nitrogens with zero attached hydrogens (tertiary/aromatic N) is 2. The highest BCUT2D eigenvalue weighted by molar-refractivity contribution is 6.30. The van der Waals surface area contributed by atoms with Crippen LogP contribution in [0.4, 0.5) is 0 Å². The van der Waals surface area contributed by atoms with E-state index in [1.165, 1.54) is 6.92 Å². The van der Waals surface area contributed by atoms with Gasteiger partial charge in [-0.05, 0) is 55.7 Å². The molecule has 31 heavy (non-hydrogen) atoms.